The zero-order valence-corrected chi connectivity index (χ0v) is 13.9. The fourth-order valence-corrected chi connectivity index (χ4v) is 3.24. The molecule has 1 saturated carbocycles. The number of methoxy groups -OCH3 is 1. The fourth-order valence-electron chi connectivity index (χ4n) is 2.26. The largest absolute Gasteiger partial charge is 0.497 e. The molecular weight excluding hydrogens is 296 g/mol. The average molecular weight is 318 g/mol. The molecule has 1 aliphatic rings. The van der Waals surface area contributed by atoms with Crippen molar-refractivity contribution in [2.75, 3.05) is 27.3 Å². The van der Waals surface area contributed by atoms with Crippen LogP contribution in [0.15, 0.2) is 29.6 Å². The van der Waals surface area contributed by atoms with Gasteiger partial charge in [0.1, 0.15) is 18.1 Å². The van der Waals surface area contributed by atoms with Crippen LogP contribution in [0.5, 0.6) is 11.5 Å². The highest BCUT2D eigenvalue weighted by Crippen LogP contribution is 2.41. The molecule has 1 aliphatic carbocycles. The van der Waals surface area contributed by atoms with Crippen molar-refractivity contribution in [1.82, 2.24) is 9.88 Å². The third kappa shape index (κ3) is 4.21. The maximum atomic E-state index is 5.75. The van der Waals surface area contributed by atoms with Gasteiger partial charge in [-0.15, -0.1) is 11.3 Å². The minimum atomic E-state index is 0.669. The molecule has 0 bridgehead atoms. The highest BCUT2D eigenvalue weighted by atomic mass is 32.1. The van der Waals surface area contributed by atoms with Gasteiger partial charge in [0.25, 0.3) is 0 Å². The fraction of sp³-hybridized carbons (Fsp3) is 0.471. The molecule has 118 valence electrons. The molecule has 0 saturated heterocycles. The van der Waals surface area contributed by atoms with Crippen LogP contribution >= 0.6 is 11.3 Å². The Labute approximate surface area is 135 Å². The molecule has 1 heterocycles. The molecular formula is C17H22N2O2S. The van der Waals surface area contributed by atoms with Gasteiger partial charge in [0.15, 0.2) is 0 Å². The smallest absolute Gasteiger partial charge is 0.119 e. The maximum absolute atomic E-state index is 5.75. The van der Waals surface area contributed by atoms with Crippen LogP contribution in [0.2, 0.25) is 0 Å². The molecule has 1 aromatic heterocycles. The molecule has 1 fully saturated rings. The van der Waals surface area contributed by atoms with Crippen molar-refractivity contribution < 1.29 is 9.47 Å². The van der Waals surface area contributed by atoms with Crippen molar-refractivity contribution in [1.29, 1.82) is 0 Å². The number of hydrogen-bond acceptors (Lipinski definition) is 5. The molecule has 5 heteroatoms. The highest BCUT2D eigenvalue weighted by Gasteiger charge is 2.26. The summed E-state index contributed by atoms with van der Waals surface area (Å²) in [5.41, 5.74) is 1.18. The number of ether oxygens (including phenoxy) is 2. The first-order chi connectivity index (χ1) is 10.7. The molecule has 0 spiro atoms. The Kier molecular flexibility index (Phi) is 4.95. The van der Waals surface area contributed by atoms with Gasteiger partial charge in [-0.3, -0.25) is 4.90 Å². The van der Waals surface area contributed by atoms with E-state index in [9.17, 15) is 0 Å². The summed E-state index contributed by atoms with van der Waals surface area (Å²) >= 11 is 1.81. The zero-order valence-electron chi connectivity index (χ0n) is 13.1. The van der Waals surface area contributed by atoms with E-state index in [1.807, 2.05) is 24.3 Å². The Morgan fingerprint density at radius 2 is 1.95 bits per heavy atom. The molecule has 0 amide bonds. The second-order valence-electron chi connectivity index (χ2n) is 5.71. The summed E-state index contributed by atoms with van der Waals surface area (Å²) in [5.74, 6) is 2.47. The van der Waals surface area contributed by atoms with Gasteiger partial charge in [-0.2, -0.15) is 0 Å². The Hall–Kier alpha value is -1.59. The third-order valence-electron chi connectivity index (χ3n) is 3.73. The van der Waals surface area contributed by atoms with Crippen LogP contribution in [0.4, 0.5) is 0 Å². The topological polar surface area (TPSA) is 34.6 Å². The highest BCUT2D eigenvalue weighted by molar-refractivity contribution is 7.09. The van der Waals surface area contributed by atoms with Crippen LogP contribution in [0.3, 0.4) is 0 Å². The van der Waals surface area contributed by atoms with Crippen molar-refractivity contribution in [2.45, 2.75) is 25.3 Å². The van der Waals surface area contributed by atoms with Gasteiger partial charge in [0.2, 0.25) is 0 Å². The number of aromatic nitrogens is 1. The first-order valence-electron chi connectivity index (χ1n) is 7.64. The molecule has 0 atom stereocenters. The van der Waals surface area contributed by atoms with E-state index in [2.05, 4.69) is 17.3 Å². The van der Waals surface area contributed by atoms with Gasteiger partial charge in [0.05, 0.1) is 17.8 Å². The Morgan fingerprint density at radius 1 is 1.23 bits per heavy atom. The summed E-state index contributed by atoms with van der Waals surface area (Å²) in [6.07, 6.45) is 2.64. The van der Waals surface area contributed by atoms with E-state index >= 15 is 0 Å². The minimum absolute atomic E-state index is 0.669. The monoisotopic (exact) mass is 318 g/mol. The number of rotatable bonds is 8. The lowest BCUT2D eigenvalue weighted by atomic mass is 10.3. The van der Waals surface area contributed by atoms with Gasteiger partial charge in [-0.05, 0) is 44.2 Å². The molecule has 22 heavy (non-hydrogen) atoms. The molecule has 4 nitrogen and oxygen atoms in total. The van der Waals surface area contributed by atoms with Crippen LogP contribution in [0.25, 0.3) is 0 Å². The second kappa shape index (κ2) is 7.11. The lowest BCUT2D eigenvalue weighted by Crippen LogP contribution is -2.24. The maximum Gasteiger partial charge on any atom is 0.119 e. The van der Waals surface area contributed by atoms with E-state index in [1.54, 1.807) is 18.4 Å². The quantitative estimate of drug-likeness (QED) is 0.745. The summed E-state index contributed by atoms with van der Waals surface area (Å²) in [7, 11) is 3.77. The van der Waals surface area contributed by atoms with E-state index in [4.69, 9.17) is 14.5 Å². The lowest BCUT2D eigenvalue weighted by molar-refractivity contribution is 0.231. The van der Waals surface area contributed by atoms with Gasteiger partial charge < -0.3 is 9.47 Å². The Morgan fingerprint density at radius 3 is 2.64 bits per heavy atom. The first kappa shape index (κ1) is 15.3. The van der Waals surface area contributed by atoms with E-state index < -0.39 is 0 Å². The van der Waals surface area contributed by atoms with Gasteiger partial charge >= 0.3 is 0 Å². The number of nitrogens with zero attached hydrogens (tertiary/aromatic N) is 2. The normalized spacial score (nSPS) is 14.3. The van der Waals surface area contributed by atoms with Gasteiger partial charge in [-0.1, -0.05) is 0 Å². The molecule has 0 radical (unpaired) electrons. The summed E-state index contributed by atoms with van der Waals surface area (Å²) in [6, 6.07) is 7.68. The van der Waals surface area contributed by atoms with Crippen LogP contribution in [0.1, 0.15) is 29.5 Å². The number of likely N-dealkylation sites (N-methyl/N-ethyl adjacent to an activating group) is 1. The Bertz CT molecular complexity index is 593. The predicted octanol–water partition coefficient (Wildman–Crippen LogP) is 3.54. The van der Waals surface area contributed by atoms with Crippen molar-refractivity contribution in [3.63, 3.8) is 0 Å². The summed E-state index contributed by atoms with van der Waals surface area (Å²) in [4.78, 5) is 6.97. The summed E-state index contributed by atoms with van der Waals surface area (Å²) in [6.45, 7) is 2.43. The van der Waals surface area contributed by atoms with Crippen molar-refractivity contribution >= 4 is 11.3 Å². The molecule has 3 rings (SSSR count). The SMILES string of the molecule is COc1ccc(OCCN(C)Cc2csc(C3CC3)n2)cc1. The van der Waals surface area contributed by atoms with E-state index in [0.717, 1.165) is 30.5 Å². The third-order valence-corrected chi connectivity index (χ3v) is 4.79. The summed E-state index contributed by atoms with van der Waals surface area (Å²) in [5, 5.41) is 3.51. The van der Waals surface area contributed by atoms with Crippen LogP contribution < -0.4 is 9.47 Å². The molecule has 0 unspecified atom stereocenters. The van der Waals surface area contributed by atoms with E-state index in [0.29, 0.717) is 6.61 Å². The van der Waals surface area contributed by atoms with Crippen LogP contribution in [0, 0.1) is 0 Å². The van der Waals surface area contributed by atoms with Crippen LogP contribution in [-0.4, -0.2) is 37.2 Å². The molecule has 0 aliphatic heterocycles. The number of thiazole rings is 1. The van der Waals surface area contributed by atoms with Gasteiger partial charge in [0, 0.05) is 24.4 Å². The predicted molar refractivity (Wildman–Crippen MR) is 88.9 cm³/mol. The van der Waals surface area contributed by atoms with Crippen molar-refractivity contribution in [3.8, 4) is 11.5 Å². The van der Waals surface area contributed by atoms with E-state index in [-0.39, 0.29) is 0 Å². The molecule has 2 aromatic rings. The van der Waals surface area contributed by atoms with Crippen LogP contribution in [-0.2, 0) is 6.54 Å². The summed E-state index contributed by atoms with van der Waals surface area (Å²) < 4.78 is 10.9. The standard InChI is InChI=1S/C17H22N2O2S/c1-19(11-14-12-22-17(18-14)13-3-4-13)9-10-21-16-7-5-15(20-2)6-8-16/h5-8,12-13H,3-4,9-11H2,1-2H3. The van der Waals surface area contributed by atoms with Crippen molar-refractivity contribution in [2.24, 2.45) is 0 Å². The first-order valence-corrected chi connectivity index (χ1v) is 8.52. The number of benzene rings is 1. The lowest BCUT2D eigenvalue weighted by Gasteiger charge is -2.15. The molecule has 0 N–H and O–H groups in total. The second-order valence-corrected chi connectivity index (χ2v) is 6.60. The van der Waals surface area contributed by atoms with Gasteiger partial charge in [-0.25, -0.2) is 4.98 Å². The molecule has 1 aromatic carbocycles. The Balaban J connectivity index is 1.40. The zero-order chi connectivity index (χ0) is 15.4. The number of hydrogen-bond donors (Lipinski definition) is 0. The van der Waals surface area contributed by atoms with E-state index in [1.165, 1.54) is 23.5 Å². The average Bonchev–Trinajstić information content (AvgIpc) is 3.28. The van der Waals surface area contributed by atoms with Crippen molar-refractivity contribution in [3.05, 3.63) is 40.3 Å². The minimum Gasteiger partial charge on any atom is -0.497 e.